The number of hydrogen-bond acceptors (Lipinski definition) is 4. The Bertz CT molecular complexity index is 1010. The van der Waals surface area contributed by atoms with Gasteiger partial charge in [0.25, 0.3) is 5.91 Å². The first-order valence-corrected chi connectivity index (χ1v) is 8.90. The van der Waals surface area contributed by atoms with E-state index >= 15 is 0 Å². The van der Waals surface area contributed by atoms with Crippen molar-refractivity contribution in [1.29, 1.82) is 0 Å². The van der Waals surface area contributed by atoms with Crippen LogP contribution in [0.5, 0.6) is 0 Å². The molecule has 7 heteroatoms. The molecule has 1 N–H and O–H groups in total. The van der Waals surface area contributed by atoms with E-state index in [0.29, 0.717) is 22.6 Å². The molecule has 1 saturated heterocycles. The summed E-state index contributed by atoms with van der Waals surface area (Å²) in [7, 11) is 1.64. The summed E-state index contributed by atoms with van der Waals surface area (Å²) in [5.41, 5.74) is 4.05. The molecule has 1 aliphatic rings. The van der Waals surface area contributed by atoms with Gasteiger partial charge in [0.1, 0.15) is 0 Å². The second-order valence-electron chi connectivity index (χ2n) is 7.10. The molecule has 0 spiro atoms. The number of benzene rings is 1. The molecule has 1 aliphatic heterocycles. The van der Waals surface area contributed by atoms with Crippen LogP contribution in [-0.2, 0) is 13.5 Å². The molecule has 0 radical (unpaired) electrons. The number of nitrogens with zero attached hydrogens (tertiary/aromatic N) is 3. The molecule has 3 aromatic rings. The summed E-state index contributed by atoms with van der Waals surface area (Å²) >= 11 is 0. The second-order valence-corrected chi connectivity index (χ2v) is 7.10. The number of piperidine rings is 1. The van der Waals surface area contributed by atoms with E-state index in [1.165, 1.54) is 10.1 Å². The van der Waals surface area contributed by atoms with Crippen LogP contribution in [0.4, 0.5) is 0 Å². The number of carbonyl (C=O) groups is 1. The number of aromatic amines is 1. The van der Waals surface area contributed by atoms with Crippen molar-refractivity contribution in [2.24, 2.45) is 13.0 Å². The van der Waals surface area contributed by atoms with Crippen LogP contribution in [0.25, 0.3) is 11.1 Å². The molecule has 136 valence electrons. The van der Waals surface area contributed by atoms with Crippen molar-refractivity contribution in [1.82, 2.24) is 19.7 Å². The average molecular weight is 354 g/mol. The number of oxazole rings is 1. The SMILES string of the molecule is Cc1cn[nH]c1C[C@@H]1CCCN(C(=O)c2ccc3oc(=O)n(C)c3c2)C1. The Morgan fingerprint density at radius 3 is 3.04 bits per heavy atom. The predicted octanol–water partition coefficient (Wildman–Crippen LogP) is 2.26. The van der Waals surface area contributed by atoms with Gasteiger partial charge in [0, 0.05) is 31.4 Å². The number of fused-ring (bicyclic) bond motifs is 1. The number of likely N-dealkylation sites (tertiary alicyclic amines) is 1. The Morgan fingerprint density at radius 2 is 2.27 bits per heavy atom. The maximum Gasteiger partial charge on any atom is 0.419 e. The lowest BCUT2D eigenvalue weighted by Gasteiger charge is -2.32. The van der Waals surface area contributed by atoms with E-state index in [4.69, 9.17) is 4.42 Å². The molecule has 1 amide bonds. The summed E-state index contributed by atoms with van der Waals surface area (Å²) in [6.07, 6.45) is 4.85. The zero-order valence-corrected chi connectivity index (χ0v) is 15.0. The number of aromatic nitrogens is 3. The lowest BCUT2D eigenvalue weighted by atomic mass is 9.92. The average Bonchev–Trinajstić information content (AvgIpc) is 3.17. The summed E-state index contributed by atoms with van der Waals surface area (Å²) in [6.45, 7) is 3.55. The molecule has 1 aromatic carbocycles. The topological polar surface area (TPSA) is 84.1 Å². The molecule has 1 fully saturated rings. The van der Waals surface area contributed by atoms with E-state index in [9.17, 15) is 9.59 Å². The molecule has 2 aromatic heterocycles. The summed E-state index contributed by atoms with van der Waals surface area (Å²) in [5, 5.41) is 7.15. The zero-order chi connectivity index (χ0) is 18.3. The Balaban J connectivity index is 1.53. The smallest absolute Gasteiger partial charge is 0.408 e. The van der Waals surface area contributed by atoms with Crippen molar-refractivity contribution in [2.75, 3.05) is 13.1 Å². The molecular weight excluding hydrogens is 332 g/mol. The molecule has 1 atom stereocenters. The van der Waals surface area contributed by atoms with Gasteiger partial charge in [-0.1, -0.05) is 0 Å². The fourth-order valence-corrected chi connectivity index (χ4v) is 3.73. The molecule has 0 unspecified atom stereocenters. The van der Waals surface area contributed by atoms with Gasteiger partial charge in [0.05, 0.1) is 11.7 Å². The van der Waals surface area contributed by atoms with Gasteiger partial charge in [-0.05, 0) is 55.9 Å². The van der Waals surface area contributed by atoms with Crippen LogP contribution in [0, 0.1) is 12.8 Å². The minimum absolute atomic E-state index is 0.00609. The molecule has 26 heavy (non-hydrogen) atoms. The molecule has 0 saturated carbocycles. The van der Waals surface area contributed by atoms with Crippen LogP contribution in [0.15, 0.2) is 33.6 Å². The Kier molecular flexibility index (Phi) is 4.14. The van der Waals surface area contributed by atoms with Crippen molar-refractivity contribution in [3.05, 3.63) is 51.8 Å². The molecule has 7 nitrogen and oxygen atoms in total. The summed E-state index contributed by atoms with van der Waals surface area (Å²) in [5.74, 6) is 0.0120. The van der Waals surface area contributed by atoms with Crippen LogP contribution < -0.4 is 5.76 Å². The number of nitrogens with one attached hydrogen (secondary N) is 1. The third kappa shape index (κ3) is 2.94. The van der Waals surface area contributed by atoms with E-state index in [-0.39, 0.29) is 5.91 Å². The van der Waals surface area contributed by atoms with Gasteiger partial charge < -0.3 is 9.32 Å². The van der Waals surface area contributed by atoms with Crippen LogP contribution in [0.3, 0.4) is 0 Å². The largest absolute Gasteiger partial charge is 0.419 e. The van der Waals surface area contributed by atoms with Gasteiger partial charge in [0.15, 0.2) is 5.58 Å². The van der Waals surface area contributed by atoms with Crippen LogP contribution in [0.2, 0.25) is 0 Å². The Labute approximate surface area is 150 Å². The van der Waals surface area contributed by atoms with Crippen LogP contribution in [-0.4, -0.2) is 38.7 Å². The standard InChI is InChI=1S/C19H22N4O3/c1-12-10-20-21-15(12)8-13-4-3-7-23(11-13)18(24)14-5-6-17-16(9-14)22(2)19(25)26-17/h5-6,9-10,13H,3-4,7-8,11H2,1-2H3,(H,20,21)/t13-/m0/s1. The number of amides is 1. The molecule has 0 bridgehead atoms. The van der Waals surface area contributed by atoms with Gasteiger partial charge in [-0.3, -0.25) is 14.5 Å². The summed E-state index contributed by atoms with van der Waals surface area (Å²) in [6, 6.07) is 5.17. The van der Waals surface area contributed by atoms with Gasteiger partial charge in [-0.2, -0.15) is 5.10 Å². The normalized spacial score (nSPS) is 17.8. The maximum absolute atomic E-state index is 13.0. The molecule has 3 heterocycles. The maximum atomic E-state index is 13.0. The molecule has 0 aliphatic carbocycles. The Hall–Kier alpha value is -2.83. The fourth-order valence-electron chi connectivity index (χ4n) is 3.73. The number of rotatable bonds is 3. The monoisotopic (exact) mass is 354 g/mol. The van der Waals surface area contributed by atoms with Gasteiger partial charge >= 0.3 is 5.76 Å². The highest BCUT2D eigenvalue weighted by Gasteiger charge is 2.26. The highest BCUT2D eigenvalue weighted by molar-refractivity contribution is 5.97. The number of H-pyrrole nitrogens is 1. The lowest BCUT2D eigenvalue weighted by Crippen LogP contribution is -2.40. The minimum atomic E-state index is -0.419. The molecular formula is C19H22N4O3. The first kappa shape index (κ1) is 16.6. The van der Waals surface area contributed by atoms with Gasteiger partial charge in [-0.15, -0.1) is 0 Å². The van der Waals surface area contributed by atoms with Gasteiger partial charge in [0.2, 0.25) is 0 Å². The van der Waals surface area contributed by atoms with Crippen molar-refractivity contribution in [3.63, 3.8) is 0 Å². The molecule has 4 rings (SSSR count). The van der Waals surface area contributed by atoms with E-state index in [2.05, 4.69) is 17.1 Å². The van der Waals surface area contributed by atoms with E-state index in [1.807, 2.05) is 11.1 Å². The minimum Gasteiger partial charge on any atom is -0.408 e. The van der Waals surface area contributed by atoms with Gasteiger partial charge in [-0.25, -0.2) is 4.79 Å². The quantitative estimate of drug-likeness (QED) is 0.782. The first-order valence-electron chi connectivity index (χ1n) is 8.90. The van der Waals surface area contributed by atoms with Crippen LogP contribution in [0.1, 0.15) is 34.5 Å². The van der Waals surface area contributed by atoms with E-state index in [1.54, 1.807) is 25.2 Å². The predicted molar refractivity (Wildman–Crippen MR) is 97.1 cm³/mol. The Morgan fingerprint density at radius 1 is 1.42 bits per heavy atom. The highest BCUT2D eigenvalue weighted by atomic mass is 16.4. The van der Waals surface area contributed by atoms with E-state index in [0.717, 1.165) is 38.0 Å². The van der Waals surface area contributed by atoms with Crippen LogP contribution >= 0.6 is 0 Å². The van der Waals surface area contributed by atoms with E-state index < -0.39 is 5.76 Å². The number of carbonyl (C=O) groups excluding carboxylic acids is 1. The number of aryl methyl sites for hydroxylation is 2. The third-order valence-electron chi connectivity index (χ3n) is 5.27. The highest BCUT2D eigenvalue weighted by Crippen LogP contribution is 2.23. The van der Waals surface area contributed by atoms with Crippen molar-refractivity contribution in [2.45, 2.75) is 26.2 Å². The third-order valence-corrected chi connectivity index (χ3v) is 5.27. The van der Waals surface area contributed by atoms with Crippen molar-refractivity contribution in [3.8, 4) is 0 Å². The first-order chi connectivity index (χ1) is 12.5. The summed E-state index contributed by atoms with van der Waals surface area (Å²) in [4.78, 5) is 26.5. The van der Waals surface area contributed by atoms with Crippen molar-refractivity contribution >= 4 is 17.0 Å². The lowest BCUT2D eigenvalue weighted by molar-refractivity contribution is 0.0673. The number of hydrogen-bond donors (Lipinski definition) is 1. The van der Waals surface area contributed by atoms with Crippen molar-refractivity contribution < 1.29 is 9.21 Å². The second kappa shape index (κ2) is 6.48. The zero-order valence-electron chi connectivity index (χ0n) is 15.0. The summed E-state index contributed by atoms with van der Waals surface area (Å²) < 4.78 is 6.56. The fraction of sp³-hybridized carbons (Fsp3) is 0.421.